The van der Waals surface area contributed by atoms with Gasteiger partial charge in [0.2, 0.25) is 0 Å². The summed E-state index contributed by atoms with van der Waals surface area (Å²) < 4.78 is 1.30. The van der Waals surface area contributed by atoms with Crippen molar-refractivity contribution < 1.29 is 4.84 Å². The second-order valence-corrected chi connectivity index (χ2v) is 9.38. The van der Waals surface area contributed by atoms with Gasteiger partial charge in [-0.2, -0.15) is 5.01 Å². The van der Waals surface area contributed by atoms with Gasteiger partial charge in [-0.05, 0) is 67.2 Å². The van der Waals surface area contributed by atoms with E-state index in [1.54, 1.807) is 11.3 Å². The molecular weight excluding hydrogens is 368 g/mol. The minimum atomic E-state index is -0.257. The third-order valence-electron chi connectivity index (χ3n) is 6.73. The van der Waals surface area contributed by atoms with Crippen LogP contribution in [0.5, 0.6) is 0 Å². The molecule has 1 aliphatic heterocycles. The minimum absolute atomic E-state index is 0.257. The average molecular weight is 393 g/mol. The molecule has 7 rings (SSSR count). The van der Waals surface area contributed by atoms with Crippen LogP contribution in [0.25, 0.3) is 10.1 Å². The summed E-state index contributed by atoms with van der Waals surface area (Å²) in [7, 11) is 0. The number of hydrazine groups is 2. The van der Waals surface area contributed by atoms with Crippen molar-refractivity contribution in [3.63, 3.8) is 0 Å². The Hall–Kier alpha value is -1.99. The maximum atomic E-state index is 6.45. The highest BCUT2D eigenvalue weighted by molar-refractivity contribution is 7.22. The van der Waals surface area contributed by atoms with E-state index in [1.165, 1.54) is 46.3 Å². The number of rotatable bonds is 3. The standard InChI is InChI=1S/C22H24N4OS/c1-2-6-20-18(5-1)12-21(28-20)26-24-27-22(13-16-7-9-19(22)10-8-16)25(26)15-17-4-3-11-23-14-17/h1-6,11-12,14,16,19,24H,7-10,13,15H2/t16?,19?,22-/m1/s1. The van der Waals surface area contributed by atoms with Crippen molar-refractivity contribution >= 4 is 26.4 Å². The summed E-state index contributed by atoms with van der Waals surface area (Å²) in [5.41, 5.74) is 4.25. The summed E-state index contributed by atoms with van der Waals surface area (Å²) in [6, 6.07) is 15.0. The molecule has 1 saturated heterocycles. The molecule has 2 bridgehead atoms. The van der Waals surface area contributed by atoms with E-state index >= 15 is 0 Å². The number of anilines is 1. The fraction of sp³-hybridized carbons (Fsp3) is 0.409. The van der Waals surface area contributed by atoms with Crippen molar-refractivity contribution in [2.24, 2.45) is 11.8 Å². The van der Waals surface area contributed by atoms with Crippen LogP contribution in [0.4, 0.5) is 5.00 Å². The predicted octanol–water partition coefficient (Wildman–Crippen LogP) is 4.88. The highest BCUT2D eigenvalue weighted by atomic mass is 32.1. The van der Waals surface area contributed by atoms with E-state index < -0.39 is 0 Å². The van der Waals surface area contributed by atoms with Gasteiger partial charge >= 0.3 is 0 Å². The molecule has 3 aromatic rings. The van der Waals surface area contributed by atoms with Gasteiger partial charge in [0.1, 0.15) is 5.00 Å². The summed E-state index contributed by atoms with van der Waals surface area (Å²) in [6.45, 7) is 0.790. The summed E-state index contributed by atoms with van der Waals surface area (Å²) in [5.74, 6) is 1.34. The average Bonchev–Trinajstić information content (AvgIpc) is 3.32. The number of hydrogen-bond donors (Lipinski definition) is 1. The van der Waals surface area contributed by atoms with Gasteiger partial charge in [0.05, 0.1) is 0 Å². The zero-order valence-electron chi connectivity index (χ0n) is 15.8. The highest BCUT2D eigenvalue weighted by Crippen LogP contribution is 2.53. The zero-order chi connectivity index (χ0) is 18.6. The number of hydrogen-bond acceptors (Lipinski definition) is 6. The van der Waals surface area contributed by atoms with E-state index in [1.807, 2.05) is 18.5 Å². The Morgan fingerprint density at radius 3 is 2.79 bits per heavy atom. The highest BCUT2D eigenvalue weighted by Gasteiger charge is 2.58. The molecule has 144 valence electrons. The summed E-state index contributed by atoms with van der Waals surface area (Å²) in [6.07, 6.45) is 10.1. The maximum absolute atomic E-state index is 6.45. The van der Waals surface area contributed by atoms with Gasteiger partial charge in [0.15, 0.2) is 5.72 Å². The molecule has 1 N–H and O–H groups in total. The molecule has 1 spiro atoms. The molecule has 1 atom stereocenters. The first-order valence-electron chi connectivity index (χ1n) is 10.2. The van der Waals surface area contributed by atoms with E-state index in [0.29, 0.717) is 5.92 Å². The lowest BCUT2D eigenvalue weighted by Gasteiger charge is -2.51. The van der Waals surface area contributed by atoms with Crippen molar-refractivity contribution in [3.8, 4) is 0 Å². The van der Waals surface area contributed by atoms with E-state index in [4.69, 9.17) is 4.84 Å². The molecule has 3 heterocycles. The Morgan fingerprint density at radius 1 is 1.14 bits per heavy atom. The molecule has 2 aromatic heterocycles. The fourth-order valence-corrected chi connectivity index (χ4v) is 6.36. The van der Waals surface area contributed by atoms with Crippen molar-refractivity contribution in [2.45, 2.75) is 44.4 Å². The molecule has 0 amide bonds. The molecule has 0 unspecified atom stereocenters. The van der Waals surface area contributed by atoms with Crippen molar-refractivity contribution in [1.29, 1.82) is 0 Å². The number of pyridine rings is 1. The van der Waals surface area contributed by atoms with Crippen LogP contribution in [-0.2, 0) is 11.4 Å². The topological polar surface area (TPSA) is 40.6 Å². The molecule has 0 radical (unpaired) electrons. The van der Waals surface area contributed by atoms with Crippen LogP contribution in [0.2, 0.25) is 0 Å². The molecule has 5 nitrogen and oxygen atoms in total. The van der Waals surface area contributed by atoms with E-state index in [-0.39, 0.29) is 5.72 Å². The Bertz CT molecular complexity index is 951. The Labute approximate surface area is 168 Å². The Morgan fingerprint density at radius 2 is 2.04 bits per heavy atom. The first kappa shape index (κ1) is 16.9. The number of fused-ring (bicyclic) bond motifs is 3. The van der Waals surface area contributed by atoms with Gasteiger partial charge in [-0.3, -0.25) is 9.82 Å². The van der Waals surface area contributed by atoms with E-state index in [0.717, 1.165) is 18.9 Å². The van der Waals surface area contributed by atoms with Crippen LogP contribution in [-0.4, -0.2) is 15.7 Å². The van der Waals surface area contributed by atoms with Crippen LogP contribution in [0.1, 0.15) is 37.7 Å². The summed E-state index contributed by atoms with van der Waals surface area (Å²) in [4.78, 5) is 10.8. The van der Waals surface area contributed by atoms with Gasteiger partial charge < -0.3 is 0 Å². The lowest BCUT2D eigenvalue weighted by atomic mass is 9.65. The lowest BCUT2D eigenvalue weighted by molar-refractivity contribution is -0.201. The SMILES string of the molecule is c1cncc(CN2N(c3cc4ccccc4s3)NO[C@@]23CC2CCC3CC2)c1. The second-order valence-electron chi connectivity index (χ2n) is 8.31. The van der Waals surface area contributed by atoms with Gasteiger partial charge in [0.25, 0.3) is 0 Å². The molecule has 4 aliphatic rings. The zero-order valence-corrected chi connectivity index (χ0v) is 16.6. The van der Waals surface area contributed by atoms with Gasteiger partial charge in [-0.25, -0.2) is 5.12 Å². The van der Waals surface area contributed by atoms with Crippen LogP contribution in [0.3, 0.4) is 0 Å². The number of benzene rings is 1. The molecule has 3 aliphatic carbocycles. The molecule has 28 heavy (non-hydrogen) atoms. The van der Waals surface area contributed by atoms with Crippen LogP contribution in [0.15, 0.2) is 54.9 Å². The lowest BCUT2D eigenvalue weighted by Crippen LogP contribution is -2.59. The largest absolute Gasteiger partial charge is 0.264 e. The smallest absolute Gasteiger partial charge is 0.166 e. The molecular formula is C22H24N4OS. The van der Waals surface area contributed by atoms with Crippen molar-refractivity contribution in [1.82, 2.24) is 15.6 Å². The summed E-state index contributed by atoms with van der Waals surface area (Å²) >= 11 is 1.80. The maximum Gasteiger partial charge on any atom is 0.166 e. The van der Waals surface area contributed by atoms with Crippen LogP contribution < -0.4 is 10.7 Å². The fourth-order valence-electron chi connectivity index (χ4n) is 5.34. The van der Waals surface area contributed by atoms with E-state index in [9.17, 15) is 0 Å². The normalized spacial score (nSPS) is 29.9. The molecule has 3 saturated carbocycles. The van der Waals surface area contributed by atoms with Gasteiger partial charge in [0, 0.05) is 29.6 Å². The van der Waals surface area contributed by atoms with Gasteiger partial charge in [-0.1, -0.05) is 29.9 Å². The quantitative estimate of drug-likeness (QED) is 0.688. The summed E-state index contributed by atoms with van der Waals surface area (Å²) in [5, 5.41) is 7.03. The van der Waals surface area contributed by atoms with Crippen molar-refractivity contribution in [2.75, 3.05) is 5.12 Å². The number of nitrogens with one attached hydrogen (secondary N) is 1. The van der Waals surface area contributed by atoms with Crippen molar-refractivity contribution in [3.05, 3.63) is 60.4 Å². The van der Waals surface area contributed by atoms with Crippen LogP contribution >= 0.6 is 11.3 Å². The van der Waals surface area contributed by atoms with Gasteiger partial charge in [-0.15, -0.1) is 11.3 Å². The number of aromatic nitrogens is 1. The Kier molecular flexibility index (Phi) is 3.94. The molecule has 4 fully saturated rings. The van der Waals surface area contributed by atoms with Crippen LogP contribution in [0, 0.1) is 11.8 Å². The molecule has 6 heteroatoms. The third kappa shape index (κ3) is 2.59. The molecule has 1 aromatic carbocycles. The Balaban J connectivity index is 1.41. The monoisotopic (exact) mass is 392 g/mol. The number of thiophene rings is 1. The first-order valence-corrected chi connectivity index (χ1v) is 11.0. The predicted molar refractivity (Wildman–Crippen MR) is 111 cm³/mol. The minimum Gasteiger partial charge on any atom is -0.264 e. The first-order chi connectivity index (χ1) is 13.8. The second kappa shape index (κ2) is 6.52. The number of nitrogens with zero attached hydrogens (tertiary/aromatic N) is 3. The van der Waals surface area contributed by atoms with E-state index in [2.05, 4.69) is 57.1 Å². The third-order valence-corrected chi connectivity index (χ3v) is 7.82.